The topological polar surface area (TPSA) is 29.3 Å². The summed E-state index contributed by atoms with van der Waals surface area (Å²) in [7, 11) is 0. The third kappa shape index (κ3) is 3.22. The van der Waals surface area contributed by atoms with E-state index >= 15 is 0 Å². The molecule has 0 amide bonds. The second kappa shape index (κ2) is 6.91. The molecule has 0 radical (unpaired) electrons. The number of rotatable bonds is 5. The predicted octanol–water partition coefficient (Wildman–Crippen LogP) is 4.28. The van der Waals surface area contributed by atoms with Gasteiger partial charge in [0.1, 0.15) is 0 Å². The maximum absolute atomic E-state index is 6.06. The molecule has 3 heteroatoms. The minimum Gasteiger partial charge on any atom is -0.363 e. The van der Waals surface area contributed by atoms with Crippen LogP contribution in [0.2, 0.25) is 0 Å². The van der Waals surface area contributed by atoms with E-state index in [1.54, 1.807) is 0 Å². The van der Waals surface area contributed by atoms with Crippen molar-refractivity contribution in [3.8, 4) is 0 Å². The van der Waals surface area contributed by atoms with Crippen LogP contribution in [0, 0.1) is 6.92 Å². The monoisotopic (exact) mass is 332 g/mol. The van der Waals surface area contributed by atoms with Crippen molar-refractivity contribution < 1.29 is 0 Å². The summed E-state index contributed by atoms with van der Waals surface area (Å²) in [5, 5.41) is 0. The molecule has 0 saturated heterocycles. The smallest absolute Gasteiger partial charge is 0.0675 e. The van der Waals surface area contributed by atoms with Crippen molar-refractivity contribution in [2.75, 3.05) is 18.0 Å². The average Bonchev–Trinajstić information content (AvgIpc) is 2.46. The number of nitrogens with zero attached hydrogens (tertiary/aromatic N) is 1. The van der Waals surface area contributed by atoms with Gasteiger partial charge in [-0.15, -0.1) is 0 Å². The van der Waals surface area contributed by atoms with E-state index in [2.05, 4.69) is 77.1 Å². The molecule has 20 heavy (non-hydrogen) atoms. The van der Waals surface area contributed by atoms with Crippen LogP contribution in [0.3, 0.4) is 0 Å². The molecule has 2 aromatic rings. The summed E-state index contributed by atoms with van der Waals surface area (Å²) in [5.41, 5.74) is 9.76. The molecule has 0 heterocycles. The van der Waals surface area contributed by atoms with Gasteiger partial charge in [-0.3, -0.25) is 0 Å². The highest BCUT2D eigenvalue weighted by Gasteiger charge is 2.20. The first-order chi connectivity index (χ1) is 9.67. The van der Waals surface area contributed by atoms with Gasteiger partial charge in [0.15, 0.2) is 0 Å². The van der Waals surface area contributed by atoms with Gasteiger partial charge in [0, 0.05) is 23.2 Å². The summed E-state index contributed by atoms with van der Waals surface area (Å²) in [4.78, 5) is 2.34. The number of benzene rings is 2. The molecule has 0 aliphatic rings. The predicted molar refractivity (Wildman–Crippen MR) is 90.1 cm³/mol. The van der Waals surface area contributed by atoms with Crippen molar-refractivity contribution in [3.05, 3.63) is 64.1 Å². The SMILES string of the molecule is CCN(c1ccccc1)C(CN)c1ccc(C)cc1Br. The molecule has 0 aliphatic carbocycles. The highest BCUT2D eigenvalue weighted by atomic mass is 79.9. The van der Waals surface area contributed by atoms with E-state index in [-0.39, 0.29) is 6.04 Å². The summed E-state index contributed by atoms with van der Waals surface area (Å²) in [6, 6.07) is 17.1. The molecule has 2 aromatic carbocycles. The molecule has 0 saturated carbocycles. The van der Waals surface area contributed by atoms with Gasteiger partial charge < -0.3 is 10.6 Å². The fraction of sp³-hybridized carbons (Fsp3) is 0.294. The van der Waals surface area contributed by atoms with Gasteiger partial charge in [-0.25, -0.2) is 0 Å². The van der Waals surface area contributed by atoms with Crippen molar-refractivity contribution in [3.63, 3.8) is 0 Å². The van der Waals surface area contributed by atoms with Gasteiger partial charge in [0.25, 0.3) is 0 Å². The molecule has 1 unspecified atom stereocenters. The van der Waals surface area contributed by atoms with E-state index in [4.69, 9.17) is 5.73 Å². The van der Waals surface area contributed by atoms with E-state index in [1.807, 2.05) is 6.07 Å². The number of hydrogen-bond acceptors (Lipinski definition) is 2. The molecule has 0 spiro atoms. The van der Waals surface area contributed by atoms with E-state index in [9.17, 15) is 0 Å². The standard InChI is InChI=1S/C17H21BrN2/c1-3-20(14-7-5-4-6-8-14)17(12-19)15-10-9-13(2)11-16(15)18/h4-11,17H,3,12,19H2,1-2H3. The fourth-order valence-electron chi connectivity index (χ4n) is 2.53. The van der Waals surface area contributed by atoms with E-state index < -0.39 is 0 Å². The number of para-hydroxylation sites is 1. The Balaban J connectivity index is 2.39. The lowest BCUT2D eigenvalue weighted by Crippen LogP contribution is -2.33. The Morgan fingerprint density at radius 2 is 1.85 bits per heavy atom. The lowest BCUT2D eigenvalue weighted by molar-refractivity contribution is 0.641. The molecule has 0 aromatic heterocycles. The third-order valence-corrected chi connectivity index (χ3v) is 4.23. The molecular formula is C17H21BrN2. The minimum absolute atomic E-state index is 0.178. The summed E-state index contributed by atoms with van der Waals surface area (Å²) >= 11 is 3.68. The number of halogens is 1. The first kappa shape index (κ1) is 15.1. The minimum atomic E-state index is 0.178. The van der Waals surface area contributed by atoms with Crippen LogP contribution < -0.4 is 10.6 Å². The highest BCUT2D eigenvalue weighted by Crippen LogP contribution is 2.31. The summed E-state index contributed by atoms with van der Waals surface area (Å²) in [6.45, 7) is 5.77. The molecule has 0 aliphatic heterocycles. The molecule has 1 atom stereocenters. The van der Waals surface area contributed by atoms with Crippen LogP contribution in [0.1, 0.15) is 24.1 Å². The number of anilines is 1. The second-order valence-corrected chi connectivity index (χ2v) is 5.75. The van der Waals surface area contributed by atoms with Crippen LogP contribution in [0.25, 0.3) is 0 Å². The zero-order valence-corrected chi connectivity index (χ0v) is 13.6. The van der Waals surface area contributed by atoms with E-state index in [0.717, 1.165) is 11.0 Å². The van der Waals surface area contributed by atoms with Crippen LogP contribution >= 0.6 is 15.9 Å². The largest absolute Gasteiger partial charge is 0.363 e. The molecule has 0 bridgehead atoms. The summed E-state index contributed by atoms with van der Waals surface area (Å²) in [6.07, 6.45) is 0. The maximum atomic E-state index is 6.06. The fourth-order valence-corrected chi connectivity index (χ4v) is 3.28. The summed E-state index contributed by atoms with van der Waals surface area (Å²) in [5.74, 6) is 0. The average molecular weight is 333 g/mol. The Morgan fingerprint density at radius 1 is 1.15 bits per heavy atom. The van der Waals surface area contributed by atoms with Crippen LogP contribution in [0.15, 0.2) is 53.0 Å². The van der Waals surface area contributed by atoms with Crippen molar-refractivity contribution in [2.45, 2.75) is 19.9 Å². The molecule has 2 nitrogen and oxygen atoms in total. The maximum Gasteiger partial charge on any atom is 0.0675 e. The number of likely N-dealkylation sites (N-methyl/N-ethyl adjacent to an activating group) is 1. The highest BCUT2D eigenvalue weighted by molar-refractivity contribution is 9.10. The van der Waals surface area contributed by atoms with Crippen LogP contribution in [0.4, 0.5) is 5.69 Å². The first-order valence-corrected chi connectivity index (χ1v) is 7.74. The van der Waals surface area contributed by atoms with Crippen LogP contribution in [-0.4, -0.2) is 13.1 Å². The normalized spacial score (nSPS) is 12.2. The Kier molecular flexibility index (Phi) is 5.21. The van der Waals surface area contributed by atoms with Crippen molar-refractivity contribution >= 4 is 21.6 Å². The van der Waals surface area contributed by atoms with Crippen molar-refractivity contribution in [1.29, 1.82) is 0 Å². The number of nitrogens with two attached hydrogens (primary N) is 1. The number of aryl methyl sites for hydroxylation is 1. The van der Waals surface area contributed by atoms with Gasteiger partial charge in [0.2, 0.25) is 0 Å². The van der Waals surface area contributed by atoms with Gasteiger partial charge in [0.05, 0.1) is 6.04 Å². The molecule has 2 N–H and O–H groups in total. The lowest BCUT2D eigenvalue weighted by atomic mass is 10.0. The Morgan fingerprint density at radius 3 is 2.40 bits per heavy atom. The molecule has 106 valence electrons. The van der Waals surface area contributed by atoms with E-state index in [0.29, 0.717) is 6.54 Å². The second-order valence-electron chi connectivity index (χ2n) is 4.90. The number of hydrogen-bond donors (Lipinski definition) is 1. The Hall–Kier alpha value is -1.32. The quantitative estimate of drug-likeness (QED) is 0.885. The van der Waals surface area contributed by atoms with Crippen LogP contribution in [0.5, 0.6) is 0 Å². The Labute approximate surface area is 129 Å². The third-order valence-electron chi connectivity index (χ3n) is 3.54. The molecule has 0 fully saturated rings. The summed E-state index contributed by atoms with van der Waals surface area (Å²) < 4.78 is 1.13. The van der Waals surface area contributed by atoms with Crippen LogP contribution in [-0.2, 0) is 0 Å². The molecule has 2 rings (SSSR count). The lowest BCUT2D eigenvalue weighted by Gasteiger charge is -2.33. The van der Waals surface area contributed by atoms with Gasteiger partial charge >= 0.3 is 0 Å². The van der Waals surface area contributed by atoms with Crippen molar-refractivity contribution in [2.24, 2.45) is 5.73 Å². The first-order valence-electron chi connectivity index (χ1n) is 6.95. The zero-order valence-electron chi connectivity index (χ0n) is 12.0. The zero-order chi connectivity index (χ0) is 14.5. The molecular weight excluding hydrogens is 312 g/mol. The van der Waals surface area contributed by atoms with Gasteiger partial charge in [-0.2, -0.15) is 0 Å². The van der Waals surface area contributed by atoms with Crippen molar-refractivity contribution in [1.82, 2.24) is 0 Å². The van der Waals surface area contributed by atoms with Gasteiger partial charge in [-0.05, 0) is 43.2 Å². The van der Waals surface area contributed by atoms with E-state index in [1.165, 1.54) is 16.8 Å². The van der Waals surface area contributed by atoms with Gasteiger partial charge in [-0.1, -0.05) is 46.3 Å². The Bertz CT molecular complexity index is 554.